The molecule has 0 radical (unpaired) electrons. The van der Waals surface area contributed by atoms with Gasteiger partial charge in [0.25, 0.3) is 0 Å². The first-order chi connectivity index (χ1) is 15.2. The molecule has 9 heteroatoms. The number of para-hydroxylation sites is 1. The Hall–Kier alpha value is -1.67. The largest absolute Gasteiger partial charge is 1.00 e. The van der Waals surface area contributed by atoms with E-state index in [1.54, 1.807) is 22.9 Å². The quantitative estimate of drug-likeness (QED) is 0.658. The predicted molar refractivity (Wildman–Crippen MR) is 125 cm³/mol. The first-order valence-electron chi connectivity index (χ1n) is 11.3. The van der Waals surface area contributed by atoms with Crippen molar-refractivity contribution in [3.8, 4) is 0 Å². The number of hydrogen-bond donors (Lipinski definition) is 1. The van der Waals surface area contributed by atoms with Crippen molar-refractivity contribution in [1.29, 1.82) is 0 Å². The summed E-state index contributed by atoms with van der Waals surface area (Å²) in [6.45, 7) is 7.73. The first kappa shape index (κ1) is 23.5. The number of carbonyl (C=O) groups excluding carboxylic acids is 1. The highest BCUT2D eigenvalue weighted by Crippen LogP contribution is 2.47. The van der Waals surface area contributed by atoms with E-state index in [0.717, 1.165) is 82.3 Å². The van der Waals surface area contributed by atoms with Crippen LogP contribution in [0.5, 0.6) is 0 Å². The van der Waals surface area contributed by atoms with Crippen molar-refractivity contribution in [3.63, 3.8) is 0 Å². The molecule has 3 aliphatic rings. The van der Waals surface area contributed by atoms with Crippen LogP contribution in [0.4, 0.5) is 16.3 Å². The van der Waals surface area contributed by atoms with E-state index in [2.05, 4.69) is 39.0 Å². The van der Waals surface area contributed by atoms with E-state index in [1.165, 1.54) is 10.6 Å². The Labute approximate surface area is 205 Å². The number of benzene rings is 1. The molecular weight excluding hydrogens is 465 g/mol. The Kier molecular flexibility index (Phi) is 7.71. The zero-order valence-electron chi connectivity index (χ0n) is 18.1. The van der Waals surface area contributed by atoms with Crippen LogP contribution in [0, 0.1) is 0 Å². The minimum atomic E-state index is 0. The van der Waals surface area contributed by atoms with Crippen LogP contribution < -0.4 is 22.2 Å². The number of rotatable bonds is 4. The molecule has 2 amide bonds. The van der Waals surface area contributed by atoms with Gasteiger partial charge in [-0.05, 0) is 31.0 Å². The summed E-state index contributed by atoms with van der Waals surface area (Å²) in [7, 11) is 0. The molecule has 172 valence electrons. The summed E-state index contributed by atoms with van der Waals surface area (Å²) in [6, 6.07) is 10.8. The Morgan fingerprint density at radius 3 is 2.56 bits per heavy atom. The van der Waals surface area contributed by atoms with Gasteiger partial charge in [-0.1, -0.05) is 35.5 Å². The van der Waals surface area contributed by atoms with Crippen LogP contribution in [-0.2, 0) is 0 Å². The molecule has 0 spiro atoms. The number of pyridine rings is 1. The Balaban J connectivity index is 0.00000245. The number of piperazine rings is 1. The number of hydrogen-bond acceptors (Lipinski definition) is 4. The van der Waals surface area contributed by atoms with Gasteiger partial charge in [0.1, 0.15) is 5.82 Å². The van der Waals surface area contributed by atoms with Gasteiger partial charge in [0.05, 0.1) is 48.3 Å². The summed E-state index contributed by atoms with van der Waals surface area (Å²) in [5.41, 5.74) is 1.23. The second-order valence-corrected chi connectivity index (χ2v) is 10.0. The van der Waals surface area contributed by atoms with E-state index in [4.69, 9.17) is 11.6 Å². The van der Waals surface area contributed by atoms with Crippen molar-refractivity contribution in [2.45, 2.75) is 29.1 Å². The van der Waals surface area contributed by atoms with Crippen LogP contribution in [-0.4, -0.2) is 73.2 Å². The lowest BCUT2D eigenvalue weighted by atomic mass is 10.2. The van der Waals surface area contributed by atoms with E-state index in [-0.39, 0.29) is 18.4 Å². The van der Waals surface area contributed by atoms with Gasteiger partial charge in [-0.25, -0.2) is 9.78 Å². The molecule has 0 atom stereocenters. The average Bonchev–Trinajstić information content (AvgIpc) is 3.33. The molecule has 0 saturated carbocycles. The van der Waals surface area contributed by atoms with Gasteiger partial charge in [-0.2, -0.15) is 0 Å². The number of quaternary nitrogens is 1. The lowest BCUT2D eigenvalue weighted by Gasteiger charge is -2.35. The molecule has 1 N–H and O–H groups in total. The highest BCUT2D eigenvalue weighted by atomic mass is 35.5. The molecule has 2 saturated heterocycles. The van der Waals surface area contributed by atoms with Gasteiger partial charge >= 0.3 is 6.03 Å². The zero-order valence-corrected chi connectivity index (χ0v) is 20.4. The number of fused-ring (bicyclic) bond motifs is 2. The lowest BCUT2D eigenvalue weighted by molar-refractivity contribution is -0.904. The SMILES string of the molecule is O=C(N1CCCC1)N1CC[NH+](CCCN2c3ccccc3Sc3cc(Cl)cnc32)CC1.[Cl-]. The van der Waals surface area contributed by atoms with Gasteiger partial charge in [-0.15, -0.1) is 0 Å². The maximum atomic E-state index is 12.6. The Bertz CT molecular complexity index is 948. The fourth-order valence-corrected chi connectivity index (χ4v) is 6.11. The smallest absolute Gasteiger partial charge is 0.320 e. The molecular formula is C23H29Cl2N5OS. The van der Waals surface area contributed by atoms with E-state index in [9.17, 15) is 4.79 Å². The molecule has 2 fully saturated rings. The number of anilines is 2. The molecule has 4 heterocycles. The molecule has 32 heavy (non-hydrogen) atoms. The molecule has 3 aliphatic heterocycles. The van der Waals surface area contributed by atoms with Crippen LogP contribution in [0.15, 0.2) is 46.3 Å². The van der Waals surface area contributed by atoms with E-state index in [0.29, 0.717) is 5.02 Å². The van der Waals surface area contributed by atoms with Crippen molar-refractivity contribution in [3.05, 3.63) is 41.6 Å². The number of urea groups is 1. The summed E-state index contributed by atoms with van der Waals surface area (Å²) >= 11 is 7.94. The molecule has 6 nitrogen and oxygen atoms in total. The van der Waals surface area contributed by atoms with Crippen molar-refractivity contribution >= 4 is 40.9 Å². The Morgan fingerprint density at radius 1 is 1.06 bits per heavy atom. The third-order valence-electron chi connectivity index (χ3n) is 6.46. The van der Waals surface area contributed by atoms with E-state index in [1.807, 2.05) is 11.0 Å². The summed E-state index contributed by atoms with van der Waals surface area (Å²) in [6.07, 6.45) is 5.13. The molecule has 1 aromatic heterocycles. The summed E-state index contributed by atoms with van der Waals surface area (Å²) in [4.78, 5) is 27.6. The van der Waals surface area contributed by atoms with Crippen LogP contribution in [0.1, 0.15) is 19.3 Å². The normalized spacial score (nSPS) is 18.2. The van der Waals surface area contributed by atoms with Gasteiger partial charge in [0, 0.05) is 37.1 Å². The lowest BCUT2D eigenvalue weighted by Crippen LogP contribution is -3.15. The monoisotopic (exact) mass is 493 g/mol. The van der Waals surface area contributed by atoms with Gasteiger partial charge in [0.2, 0.25) is 0 Å². The number of amides is 2. The fraction of sp³-hybridized carbons (Fsp3) is 0.478. The van der Waals surface area contributed by atoms with Crippen molar-refractivity contribution in [2.75, 3.05) is 57.3 Å². The van der Waals surface area contributed by atoms with Crippen molar-refractivity contribution in [1.82, 2.24) is 14.8 Å². The van der Waals surface area contributed by atoms with Crippen LogP contribution in [0.3, 0.4) is 0 Å². The Morgan fingerprint density at radius 2 is 1.78 bits per heavy atom. The molecule has 0 bridgehead atoms. The fourth-order valence-electron chi connectivity index (χ4n) is 4.78. The molecule has 5 rings (SSSR count). The number of nitrogens with zero attached hydrogens (tertiary/aromatic N) is 4. The minimum absolute atomic E-state index is 0. The van der Waals surface area contributed by atoms with Gasteiger partial charge in [-0.3, -0.25) is 0 Å². The van der Waals surface area contributed by atoms with E-state index >= 15 is 0 Å². The summed E-state index contributed by atoms with van der Waals surface area (Å²) in [5, 5.41) is 0.677. The molecule has 0 unspecified atom stereocenters. The highest BCUT2D eigenvalue weighted by molar-refractivity contribution is 7.99. The minimum Gasteiger partial charge on any atom is -1.00 e. The second kappa shape index (κ2) is 10.5. The zero-order chi connectivity index (χ0) is 21.2. The first-order valence-corrected chi connectivity index (χ1v) is 12.5. The third kappa shape index (κ3) is 4.96. The number of nitrogens with one attached hydrogen (secondary N) is 1. The van der Waals surface area contributed by atoms with Gasteiger partial charge < -0.3 is 32.0 Å². The van der Waals surface area contributed by atoms with Crippen LogP contribution >= 0.6 is 23.4 Å². The maximum absolute atomic E-state index is 12.6. The molecule has 1 aromatic carbocycles. The highest BCUT2D eigenvalue weighted by Gasteiger charge is 2.29. The third-order valence-corrected chi connectivity index (χ3v) is 7.75. The summed E-state index contributed by atoms with van der Waals surface area (Å²) < 4.78 is 0. The van der Waals surface area contributed by atoms with Crippen LogP contribution in [0.2, 0.25) is 5.02 Å². The average molecular weight is 494 g/mol. The van der Waals surface area contributed by atoms with Crippen LogP contribution in [0.25, 0.3) is 0 Å². The van der Waals surface area contributed by atoms with E-state index < -0.39 is 0 Å². The number of halogens is 2. The molecule has 2 aromatic rings. The van der Waals surface area contributed by atoms with Crippen molar-refractivity contribution in [2.24, 2.45) is 0 Å². The van der Waals surface area contributed by atoms with Gasteiger partial charge in [0.15, 0.2) is 0 Å². The number of likely N-dealkylation sites (tertiary alicyclic amines) is 1. The number of aromatic nitrogens is 1. The predicted octanol–water partition coefficient (Wildman–Crippen LogP) is 0.148. The summed E-state index contributed by atoms with van der Waals surface area (Å²) in [5.74, 6) is 1.00. The standard InChI is InChI=1S/C23H28ClN5OS.ClH/c24-18-16-21-22(25-17-18)29(19-6-1-2-7-20(19)31-21)11-5-8-26-12-14-28(15-13-26)23(30)27-9-3-4-10-27;/h1-2,6-7,16-17H,3-5,8-15H2;1H. The van der Waals surface area contributed by atoms with Crippen molar-refractivity contribution < 1.29 is 22.1 Å². The topological polar surface area (TPSA) is 44.1 Å². The molecule has 0 aliphatic carbocycles. The number of carbonyl (C=O) groups is 1. The second-order valence-electron chi connectivity index (χ2n) is 8.51. The maximum Gasteiger partial charge on any atom is 0.320 e.